The van der Waals surface area contributed by atoms with Gasteiger partial charge in [0.05, 0.1) is 11.4 Å². The highest BCUT2D eigenvalue weighted by atomic mass is 32.1. The van der Waals surface area contributed by atoms with Crippen LogP contribution in [-0.4, -0.2) is 24.3 Å². The van der Waals surface area contributed by atoms with E-state index in [-0.39, 0.29) is 18.4 Å². The van der Waals surface area contributed by atoms with Crippen LogP contribution in [0.15, 0.2) is 42.5 Å². The molecule has 3 amide bonds. The van der Waals surface area contributed by atoms with Gasteiger partial charge in [-0.15, -0.1) is 11.3 Å². The topological polar surface area (TPSA) is 87.3 Å². The summed E-state index contributed by atoms with van der Waals surface area (Å²) in [5.74, 6) is -0.521. The molecule has 1 heterocycles. The van der Waals surface area contributed by atoms with E-state index >= 15 is 0 Å². The Morgan fingerprint density at radius 1 is 1.17 bits per heavy atom. The fourth-order valence-corrected chi connectivity index (χ4v) is 4.36. The van der Waals surface area contributed by atoms with Crippen molar-refractivity contribution in [2.75, 3.05) is 6.54 Å². The molecule has 0 fully saturated rings. The Hall–Kier alpha value is -2.93. The third kappa shape index (κ3) is 6.02. The van der Waals surface area contributed by atoms with E-state index in [9.17, 15) is 14.4 Å². The van der Waals surface area contributed by atoms with E-state index in [0.717, 1.165) is 24.8 Å². The van der Waals surface area contributed by atoms with Gasteiger partial charge in [-0.3, -0.25) is 25.2 Å². The summed E-state index contributed by atoms with van der Waals surface area (Å²) in [6.07, 6.45) is 7.38. The molecule has 29 heavy (non-hydrogen) atoms. The maximum atomic E-state index is 12.3. The number of benzene rings is 1. The molecule has 2 aromatic rings. The van der Waals surface area contributed by atoms with Crippen LogP contribution in [0.5, 0.6) is 0 Å². The van der Waals surface area contributed by atoms with Crippen molar-refractivity contribution in [3.8, 4) is 0 Å². The summed E-state index contributed by atoms with van der Waals surface area (Å²) in [7, 11) is 0. The second-order valence-electron chi connectivity index (χ2n) is 7.04. The van der Waals surface area contributed by atoms with Gasteiger partial charge >= 0.3 is 0 Å². The predicted molar refractivity (Wildman–Crippen MR) is 114 cm³/mol. The normalized spacial score (nSPS) is 15.6. The first-order valence-corrected chi connectivity index (χ1v) is 10.6. The molecule has 6 nitrogen and oxygen atoms in total. The number of hydrogen-bond donors (Lipinski definition) is 3. The smallest absolute Gasteiger partial charge is 0.279 e. The molecular weight excluding hydrogens is 386 g/mol. The summed E-state index contributed by atoms with van der Waals surface area (Å²) in [6.45, 7) is 1.97. The van der Waals surface area contributed by atoms with Crippen molar-refractivity contribution in [3.63, 3.8) is 0 Å². The van der Waals surface area contributed by atoms with Crippen molar-refractivity contribution in [1.82, 2.24) is 16.2 Å². The number of hydrazine groups is 1. The number of hydrogen-bond acceptors (Lipinski definition) is 4. The molecule has 1 aromatic heterocycles. The lowest BCUT2D eigenvalue weighted by molar-refractivity contribution is -0.124. The van der Waals surface area contributed by atoms with Gasteiger partial charge < -0.3 is 5.32 Å². The molecular formula is C22H25N3O3S. The van der Waals surface area contributed by atoms with E-state index in [2.05, 4.69) is 23.1 Å². The number of thiophene rings is 1. The lowest BCUT2D eigenvalue weighted by Gasteiger charge is -2.19. The highest BCUT2D eigenvalue weighted by molar-refractivity contribution is 7.14. The van der Waals surface area contributed by atoms with Crippen LogP contribution in [0.4, 0.5) is 0 Å². The van der Waals surface area contributed by atoms with Crippen LogP contribution in [0.3, 0.4) is 0 Å². The number of carbonyl (C=O) groups excluding carboxylic acids is 3. The molecule has 1 aromatic carbocycles. The van der Waals surface area contributed by atoms with Crippen LogP contribution < -0.4 is 16.2 Å². The average molecular weight is 412 g/mol. The van der Waals surface area contributed by atoms with Gasteiger partial charge in [-0.2, -0.15) is 0 Å². The van der Waals surface area contributed by atoms with Crippen LogP contribution in [0.25, 0.3) is 6.08 Å². The molecule has 0 saturated carbocycles. The van der Waals surface area contributed by atoms with Gasteiger partial charge in [-0.05, 0) is 48.4 Å². The maximum Gasteiger partial charge on any atom is 0.279 e. The Kier molecular flexibility index (Phi) is 7.19. The molecule has 0 unspecified atom stereocenters. The molecule has 0 bridgehead atoms. The van der Waals surface area contributed by atoms with Crippen LogP contribution in [-0.2, 0) is 22.4 Å². The molecule has 3 rings (SSSR count). The van der Waals surface area contributed by atoms with Crippen molar-refractivity contribution < 1.29 is 14.4 Å². The SMILES string of the molecule is CC[C@H]1CCc2sc(C(=O)NNC(=O)CNC(=O)/C=C/c3ccccc3)cc2C1. The molecule has 0 saturated heterocycles. The second-order valence-corrected chi connectivity index (χ2v) is 8.18. The number of fused-ring (bicyclic) bond motifs is 1. The first kappa shape index (κ1) is 20.8. The maximum absolute atomic E-state index is 12.3. The number of rotatable bonds is 6. The second kappa shape index (κ2) is 10.0. The molecule has 3 N–H and O–H groups in total. The largest absolute Gasteiger partial charge is 0.343 e. The van der Waals surface area contributed by atoms with Crippen LogP contribution in [0.1, 0.15) is 45.4 Å². The Morgan fingerprint density at radius 3 is 2.72 bits per heavy atom. The van der Waals surface area contributed by atoms with Gasteiger partial charge in [0.15, 0.2) is 0 Å². The lowest BCUT2D eigenvalue weighted by atomic mass is 9.87. The summed E-state index contributed by atoms with van der Waals surface area (Å²) < 4.78 is 0. The van der Waals surface area contributed by atoms with Gasteiger partial charge in [0.25, 0.3) is 11.8 Å². The number of aryl methyl sites for hydroxylation is 1. The highest BCUT2D eigenvalue weighted by Crippen LogP contribution is 2.33. The summed E-state index contributed by atoms with van der Waals surface area (Å²) >= 11 is 1.49. The Labute approximate surface area is 174 Å². The molecule has 1 aliphatic carbocycles. The molecule has 1 atom stereocenters. The van der Waals surface area contributed by atoms with Crippen LogP contribution >= 0.6 is 11.3 Å². The first-order valence-electron chi connectivity index (χ1n) is 9.77. The van der Waals surface area contributed by atoms with Crippen molar-refractivity contribution in [2.24, 2.45) is 5.92 Å². The monoisotopic (exact) mass is 411 g/mol. The summed E-state index contributed by atoms with van der Waals surface area (Å²) in [4.78, 5) is 37.8. The fraction of sp³-hybridized carbons (Fsp3) is 0.318. The number of amides is 3. The highest BCUT2D eigenvalue weighted by Gasteiger charge is 2.22. The van der Waals surface area contributed by atoms with Crippen molar-refractivity contribution in [3.05, 3.63) is 63.4 Å². The molecule has 1 aliphatic rings. The van der Waals surface area contributed by atoms with Gasteiger partial charge in [0, 0.05) is 11.0 Å². The Morgan fingerprint density at radius 2 is 1.97 bits per heavy atom. The summed E-state index contributed by atoms with van der Waals surface area (Å²) in [5, 5.41) is 2.48. The molecule has 152 valence electrons. The zero-order valence-corrected chi connectivity index (χ0v) is 17.2. The zero-order chi connectivity index (χ0) is 20.6. The first-order chi connectivity index (χ1) is 14.0. The van der Waals surface area contributed by atoms with E-state index in [4.69, 9.17) is 0 Å². The van der Waals surface area contributed by atoms with Crippen LogP contribution in [0, 0.1) is 5.92 Å². The van der Waals surface area contributed by atoms with E-state index in [1.807, 2.05) is 36.4 Å². The van der Waals surface area contributed by atoms with E-state index in [1.54, 1.807) is 6.08 Å². The fourth-order valence-electron chi connectivity index (χ4n) is 3.25. The molecule has 0 radical (unpaired) electrons. The Bertz CT molecular complexity index is 905. The minimum atomic E-state index is -0.493. The van der Waals surface area contributed by atoms with Crippen molar-refractivity contribution >= 4 is 35.1 Å². The molecule has 7 heteroatoms. The van der Waals surface area contributed by atoms with Crippen LogP contribution in [0.2, 0.25) is 0 Å². The van der Waals surface area contributed by atoms with E-state index in [0.29, 0.717) is 10.8 Å². The number of nitrogens with one attached hydrogen (secondary N) is 3. The van der Waals surface area contributed by atoms with E-state index < -0.39 is 5.91 Å². The summed E-state index contributed by atoms with van der Waals surface area (Å²) in [5.41, 5.74) is 6.90. The lowest BCUT2D eigenvalue weighted by Crippen LogP contribution is -2.46. The third-order valence-electron chi connectivity index (χ3n) is 4.95. The average Bonchev–Trinajstić information content (AvgIpc) is 3.18. The standard InChI is InChI=1S/C22H25N3O3S/c1-2-15-8-10-18-17(12-15)13-19(29-18)22(28)25-24-21(27)14-23-20(26)11-9-16-6-4-3-5-7-16/h3-7,9,11,13,15H,2,8,10,12,14H2,1H3,(H,23,26)(H,24,27)(H,25,28)/b11-9+/t15-/m0/s1. The van der Waals surface area contributed by atoms with Gasteiger partial charge in [-0.1, -0.05) is 43.7 Å². The molecule has 0 spiro atoms. The minimum absolute atomic E-state index is 0.225. The number of carbonyl (C=O) groups is 3. The van der Waals surface area contributed by atoms with Crippen molar-refractivity contribution in [2.45, 2.75) is 32.6 Å². The molecule has 0 aliphatic heterocycles. The summed E-state index contributed by atoms with van der Waals surface area (Å²) in [6, 6.07) is 11.3. The predicted octanol–water partition coefficient (Wildman–Crippen LogP) is 2.85. The van der Waals surface area contributed by atoms with E-state index in [1.165, 1.54) is 34.3 Å². The van der Waals surface area contributed by atoms with Gasteiger partial charge in [0.1, 0.15) is 0 Å². The minimum Gasteiger partial charge on any atom is -0.343 e. The van der Waals surface area contributed by atoms with Gasteiger partial charge in [-0.25, -0.2) is 0 Å². The zero-order valence-electron chi connectivity index (χ0n) is 16.4. The van der Waals surface area contributed by atoms with Gasteiger partial charge in [0.2, 0.25) is 5.91 Å². The third-order valence-corrected chi connectivity index (χ3v) is 6.19. The van der Waals surface area contributed by atoms with Crippen molar-refractivity contribution in [1.29, 1.82) is 0 Å². The Balaban J connectivity index is 1.41. The quantitative estimate of drug-likeness (QED) is 0.505.